The van der Waals surface area contributed by atoms with Crippen LogP contribution in [0.4, 0.5) is 24.5 Å². The molecule has 0 radical (unpaired) electrons. The summed E-state index contributed by atoms with van der Waals surface area (Å²) in [5.41, 5.74) is 3.99. The lowest BCUT2D eigenvalue weighted by molar-refractivity contribution is -0.139. The van der Waals surface area contributed by atoms with Gasteiger partial charge in [-0.1, -0.05) is 19.3 Å². The number of nitrogens with one attached hydrogen (secondary N) is 1. The van der Waals surface area contributed by atoms with Gasteiger partial charge in [-0.05, 0) is 69.0 Å². The fraction of sp³-hybridized carbons (Fsp3) is 0.538. The lowest BCUT2D eigenvalue weighted by Gasteiger charge is -2.41. The number of hydrogen-bond acceptors (Lipinski definition) is 8. The van der Waals surface area contributed by atoms with Gasteiger partial charge in [-0.15, -0.1) is 0 Å². The molecule has 10 nitrogen and oxygen atoms in total. The van der Waals surface area contributed by atoms with Gasteiger partial charge in [0, 0.05) is 87.3 Å². The van der Waals surface area contributed by atoms with Crippen molar-refractivity contribution < 1.29 is 27.8 Å². The number of carboxylic acid groups (broad SMARTS) is 1. The minimum atomic E-state index is -4.52. The molecular weight excluding hydrogens is 671 g/mol. The largest absolute Gasteiger partial charge is 0.481 e. The van der Waals surface area contributed by atoms with Gasteiger partial charge in [0.2, 0.25) is 0 Å². The molecule has 0 bridgehead atoms. The molecule has 0 spiro atoms. The molecule has 3 fully saturated rings. The van der Waals surface area contributed by atoms with Crippen molar-refractivity contribution in [1.82, 2.24) is 24.8 Å². The van der Waals surface area contributed by atoms with E-state index in [1.54, 1.807) is 7.11 Å². The van der Waals surface area contributed by atoms with E-state index < -0.39 is 17.7 Å². The summed E-state index contributed by atoms with van der Waals surface area (Å²) in [6.45, 7) is 6.43. The third kappa shape index (κ3) is 7.75. The Bertz CT molecular complexity index is 1880. The summed E-state index contributed by atoms with van der Waals surface area (Å²) in [5.74, 6) is -0.308. The molecule has 2 aliphatic carbocycles. The number of benzene rings is 1. The summed E-state index contributed by atoms with van der Waals surface area (Å²) in [4.78, 5) is 35.4. The lowest BCUT2D eigenvalue weighted by Crippen LogP contribution is -2.52. The van der Waals surface area contributed by atoms with Crippen molar-refractivity contribution in [3.8, 4) is 22.6 Å². The van der Waals surface area contributed by atoms with Crippen molar-refractivity contribution in [3.05, 3.63) is 53.9 Å². The number of piperazine rings is 1. The maximum Gasteiger partial charge on any atom is 0.418 e. The zero-order valence-electron chi connectivity index (χ0n) is 30.2. The molecule has 2 saturated carbocycles. The first-order valence-electron chi connectivity index (χ1n) is 18.4. The van der Waals surface area contributed by atoms with Crippen molar-refractivity contribution in [2.24, 2.45) is 5.41 Å². The molecule has 1 saturated heterocycles. The number of aliphatic carboxylic acids is 1. The van der Waals surface area contributed by atoms with E-state index in [1.165, 1.54) is 18.7 Å². The van der Waals surface area contributed by atoms with Crippen molar-refractivity contribution >= 4 is 28.5 Å². The molecule has 3 aromatic heterocycles. The number of imidazole rings is 1. The Labute approximate surface area is 302 Å². The van der Waals surface area contributed by atoms with Crippen LogP contribution >= 0.6 is 0 Å². The monoisotopic (exact) mass is 719 g/mol. The van der Waals surface area contributed by atoms with Crippen molar-refractivity contribution in [2.45, 2.75) is 76.4 Å². The highest BCUT2D eigenvalue weighted by Crippen LogP contribution is 2.46. The Morgan fingerprint density at radius 3 is 2.48 bits per heavy atom. The van der Waals surface area contributed by atoms with E-state index in [2.05, 4.69) is 43.7 Å². The average molecular weight is 720 g/mol. The van der Waals surface area contributed by atoms with Crippen molar-refractivity contribution in [2.75, 3.05) is 63.3 Å². The van der Waals surface area contributed by atoms with E-state index in [4.69, 9.17) is 19.8 Å². The number of carbonyl (C=O) groups is 1. The van der Waals surface area contributed by atoms with E-state index in [9.17, 15) is 18.0 Å². The molecule has 4 aromatic rings. The first-order valence-corrected chi connectivity index (χ1v) is 18.4. The van der Waals surface area contributed by atoms with E-state index in [0.29, 0.717) is 35.9 Å². The first kappa shape index (κ1) is 36.1. The SMILES string of the molecule is COCC1(CN(C)c2cc(-c3cnc(C4CC4)c(C(F)(F)F)c3)nc3nc(-c4ccc(N5CCN(CCC(=O)O)C[C@H]5C)cc4)[nH]c23)CCCCC1. The van der Waals surface area contributed by atoms with Gasteiger partial charge in [-0.3, -0.25) is 14.7 Å². The third-order valence-corrected chi connectivity index (χ3v) is 11.1. The number of aromatic amines is 1. The predicted octanol–water partition coefficient (Wildman–Crippen LogP) is 7.60. The van der Waals surface area contributed by atoms with Crippen LogP contribution in [0, 0.1) is 5.41 Å². The zero-order chi connectivity index (χ0) is 36.6. The Morgan fingerprint density at radius 1 is 1.08 bits per heavy atom. The van der Waals surface area contributed by atoms with Crippen molar-refractivity contribution in [3.63, 3.8) is 0 Å². The predicted molar refractivity (Wildman–Crippen MR) is 196 cm³/mol. The first-order chi connectivity index (χ1) is 24.9. The maximum absolute atomic E-state index is 14.3. The molecule has 13 heteroatoms. The number of carboxylic acids is 1. The minimum Gasteiger partial charge on any atom is -0.481 e. The fourth-order valence-corrected chi connectivity index (χ4v) is 8.31. The second kappa shape index (κ2) is 14.7. The minimum absolute atomic E-state index is 0.0357. The van der Waals surface area contributed by atoms with Crippen LogP contribution < -0.4 is 9.80 Å². The van der Waals surface area contributed by atoms with Gasteiger partial charge in [0.15, 0.2) is 5.65 Å². The lowest BCUT2D eigenvalue weighted by atomic mass is 9.74. The van der Waals surface area contributed by atoms with Crippen molar-refractivity contribution in [1.29, 1.82) is 0 Å². The number of rotatable bonds is 12. The van der Waals surface area contributed by atoms with Crippen LogP contribution in [0.5, 0.6) is 0 Å². The van der Waals surface area contributed by atoms with Gasteiger partial charge >= 0.3 is 12.1 Å². The molecule has 3 aliphatic rings. The van der Waals surface area contributed by atoms with E-state index in [0.717, 1.165) is 87.2 Å². The molecule has 2 N–H and O–H groups in total. The van der Waals surface area contributed by atoms with Gasteiger partial charge in [-0.25, -0.2) is 9.97 Å². The average Bonchev–Trinajstić information content (AvgIpc) is 3.88. The van der Waals surface area contributed by atoms with Crippen LogP contribution in [0.1, 0.15) is 75.5 Å². The molecule has 52 heavy (non-hydrogen) atoms. The molecule has 1 aromatic carbocycles. The quantitative estimate of drug-likeness (QED) is 0.153. The number of nitrogens with zero attached hydrogens (tertiary/aromatic N) is 6. The second-order valence-corrected chi connectivity index (χ2v) is 15.1. The van der Waals surface area contributed by atoms with E-state index in [1.807, 2.05) is 25.2 Å². The van der Waals surface area contributed by atoms with Crippen LogP contribution in [0.2, 0.25) is 0 Å². The number of halogens is 3. The molecule has 278 valence electrons. The summed E-state index contributed by atoms with van der Waals surface area (Å²) >= 11 is 0. The van der Waals surface area contributed by atoms with Gasteiger partial charge in [0.05, 0.1) is 35.7 Å². The van der Waals surface area contributed by atoms with Crippen LogP contribution in [0.3, 0.4) is 0 Å². The van der Waals surface area contributed by atoms with Crippen LogP contribution in [-0.2, 0) is 15.7 Å². The molecular formula is C39H48F3N7O3. The number of ether oxygens (including phenoxy) is 1. The summed E-state index contributed by atoms with van der Waals surface area (Å²) < 4.78 is 48.6. The number of hydrogen-bond donors (Lipinski definition) is 2. The Morgan fingerprint density at radius 2 is 1.83 bits per heavy atom. The van der Waals surface area contributed by atoms with Gasteiger partial charge < -0.3 is 24.6 Å². The number of pyridine rings is 2. The van der Waals surface area contributed by atoms with Gasteiger partial charge in [-0.2, -0.15) is 13.2 Å². The summed E-state index contributed by atoms with van der Waals surface area (Å²) in [7, 11) is 3.77. The molecule has 7 rings (SSSR count). The highest BCUT2D eigenvalue weighted by molar-refractivity contribution is 5.91. The molecule has 1 aliphatic heterocycles. The van der Waals surface area contributed by atoms with Crippen LogP contribution in [0.15, 0.2) is 42.6 Å². The van der Waals surface area contributed by atoms with E-state index >= 15 is 0 Å². The Balaban J connectivity index is 1.22. The zero-order valence-corrected chi connectivity index (χ0v) is 30.2. The number of aromatic nitrogens is 4. The molecule has 0 amide bonds. The number of fused-ring (bicyclic) bond motifs is 1. The Kier molecular flexibility index (Phi) is 10.2. The number of methoxy groups -OCH3 is 1. The van der Waals surface area contributed by atoms with Gasteiger partial charge in [0.1, 0.15) is 11.3 Å². The Hall–Kier alpha value is -4.23. The van der Waals surface area contributed by atoms with E-state index in [-0.39, 0.29) is 29.5 Å². The number of H-pyrrole nitrogens is 1. The molecule has 0 unspecified atom stereocenters. The van der Waals surface area contributed by atoms with Crippen LogP contribution in [-0.4, -0.2) is 95.4 Å². The summed E-state index contributed by atoms with van der Waals surface area (Å²) in [5, 5.41) is 9.08. The molecule has 4 heterocycles. The smallest absolute Gasteiger partial charge is 0.418 e. The highest BCUT2D eigenvalue weighted by Gasteiger charge is 2.40. The normalized spacial score (nSPS) is 19.7. The van der Waals surface area contributed by atoms with Gasteiger partial charge in [0.25, 0.3) is 0 Å². The fourth-order valence-electron chi connectivity index (χ4n) is 8.31. The third-order valence-electron chi connectivity index (χ3n) is 11.1. The maximum atomic E-state index is 14.3. The highest BCUT2D eigenvalue weighted by atomic mass is 19.4. The topological polar surface area (TPSA) is 111 Å². The number of anilines is 2. The summed E-state index contributed by atoms with van der Waals surface area (Å²) in [6, 6.07) is 11.5. The van der Waals surface area contributed by atoms with Crippen LogP contribution in [0.25, 0.3) is 33.8 Å². The number of alkyl halides is 3. The summed E-state index contributed by atoms with van der Waals surface area (Å²) in [6.07, 6.45) is 4.15. The molecule has 1 atom stereocenters. The standard InChI is InChI=1S/C39H48F3N7O3/c1-25-22-48(16-13-33(50)51)17-18-49(25)29-11-9-27(10-12-29)36-45-35-32(47(2)23-38(24-52-3)14-5-4-6-15-38)20-31(44-37(35)46-36)28-19-30(39(40,41)42)34(43-21-28)26-7-8-26/h9-12,19-21,25-26H,4-8,13-18,22-24H2,1-3H3,(H,50,51)(H,44,45,46)/t25-/m1/s1. The second-order valence-electron chi connectivity index (χ2n) is 15.1.